The lowest BCUT2D eigenvalue weighted by Crippen LogP contribution is -2.27. The van der Waals surface area contributed by atoms with Crippen LogP contribution in [0.2, 0.25) is 0 Å². The summed E-state index contributed by atoms with van der Waals surface area (Å²) >= 11 is 0. The summed E-state index contributed by atoms with van der Waals surface area (Å²) in [6, 6.07) is 10.3. The van der Waals surface area contributed by atoms with Crippen molar-refractivity contribution in [1.82, 2.24) is 20.0 Å². The van der Waals surface area contributed by atoms with Crippen LogP contribution in [0.1, 0.15) is 38.9 Å². The van der Waals surface area contributed by atoms with Gasteiger partial charge in [0.2, 0.25) is 0 Å². The van der Waals surface area contributed by atoms with Gasteiger partial charge in [-0.05, 0) is 26.3 Å². The Morgan fingerprint density at radius 1 is 1.20 bits per heavy atom. The number of carbonyl (C=O) groups excluding carboxylic acids is 1. The molecule has 1 N–H and O–H groups in total. The minimum absolute atomic E-state index is 0.158. The van der Waals surface area contributed by atoms with Crippen LogP contribution in [0.4, 0.5) is 0 Å². The van der Waals surface area contributed by atoms with Crippen LogP contribution in [0, 0.1) is 20.8 Å². The van der Waals surface area contributed by atoms with Crippen LogP contribution in [0.15, 0.2) is 41.1 Å². The van der Waals surface area contributed by atoms with E-state index in [4.69, 9.17) is 4.52 Å². The SMILES string of the molecule is Cc1noc(C)c1C(=O)NCCc1ncc(C)n1Cc1ccccc1. The normalized spacial score (nSPS) is 10.8. The average Bonchev–Trinajstić information content (AvgIpc) is 3.12. The van der Waals surface area contributed by atoms with Gasteiger partial charge in [0.25, 0.3) is 5.91 Å². The highest BCUT2D eigenvalue weighted by molar-refractivity contribution is 5.96. The molecule has 130 valence electrons. The Labute approximate surface area is 146 Å². The molecular formula is C19H22N4O2. The molecule has 1 amide bonds. The Morgan fingerprint density at radius 2 is 1.96 bits per heavy atom. The summed E-state index contributed by atoms with van der Waals surface area (Å²) in [7, 11) is 0. The Kier molecular flexibility index (Phi) is 4.97. The number of hydrogen-bond donors (Lipinski definition) is 1. The second kappa shape index (κ2) is 7.34. The zero-order valence-electron chi connectivity index (χ0n) is 14.7. The van der Waals surface area contributed by atoms with Gasteiger partial charge in [-0.3, -0.25) is 4.79 Å². The molecule has 0 bridgehead atoms. The first-order valence-electron chi connectivity index (χ1n) is 8.32. The number of carbonyl (C=O) groups is 1. The van der Waals surface area contributed by atoms with Crippen LogP contribution in [-0.4, -0.2) is 27.2 Å². The minimum atomic E-state index is -0.158. The number of benzene rings is 1. The number of nitrogens with zero attached hydrogens (tertiary/aromatic N) is 3. The minimum Gasteiger partial charge on any atom is -0.361 e. The topological polar surface area (TPSA) is 73.0 Å². The highest BCUT2D eigenvalue weighted by Gasteiger charge is 2.17. The molecule has 0 aliphatic carbocycles. The smallest absolute Gasteiger partial charge is 0.256 e. The molecule has 25 heavy (non-hydrogen) atoms. The summed E-state index contributed by atoms with van der Waals surface area (Å²) < 4.78 is 7.22. The third-order valence-corrected chi connectivity index (χ3v) is 4.22. The Morgan fingerprint density at radius 3 is 2.64 bits per heavy atom. The fraction of sp³-hybridized carbons (Fsp3) is 0.316. The van der Waals surface area contributed by atoms with Gasteiger partial charge in [-0.15, -0.1) is 0 Å². The van der Waals surface area contributed by atoms with Crippen LogP contribution in [0.5, 0.6) is 0 Å². The average molecular weight is 338 g/mol. The molecule has 0 spiro atoms. The predicted octanol–water partition coefficient (Wildman–Crippen LogP) is 2.82. The van der Waals surface area contributed by atoms with Crippen molar-refractivity contribution in [3.63, 3.8) is 0 Å². The summed E-state index contributed by atoms with van der Waals surface area (Å²) in [5.41, 5.74) is 3.46. The maximum absolute atomic E-state index is 12.3. The molecule has 0 saturated heterocycles. The first-order chi connectivity index (χ1) is 12.1. The molecular weight excluding hydrogens is 316 g/mol. The molecule has 3 rings (SSSR count). The molecule has 2 aromatic heterocycles. The first-order valence-corrected chi connectivity index (χ1v) is 8.32. The number of rotatable bonds is 6. The predicted molar refractivity (Wildman–Crippen MR) is 94.5 cm³/mol. The highest BCUT2D eigenvalue weighted by atomic mass is 16.5. The van der Waals surface area contributed by atoms with Crippen molar-refractivity contribution < 1.29 is 9.32 Å². The van der Waals surface area contributed by atoms with Crippen LogP contribution in [-0.2, 0) is 13.0 Å². The molecule has 0 unspecified atom stereocenters. The second-order valence-electron chi connectivity index (χ2n) is 6.09. The van der Waals surface area contributed by atoms with E-state index in [0.717, 1.165) is 18.1 Å². The van der Waals surface area contributed by atoms with E-state index in [2.05, 4.69) is 32.2 Å². The summed E-state index contributed by atoms with van der Waals surface area (Å²) in [5.74, 6) is 1.34. The first kappa shape index (κ1) is 17.0. The fourth-order valence-corrected chi connectivity index (χ4v) is 2.88. The van der Waals surface area contributed by atoms with Gasteiger partial charge in [-0.2, -0.15) is 0 Å². The molecule has 0 aliphatic rings. The van der Waals surface area contributed by atoms with Gasteiger partial charge >= 0.3 is 0 Å². The number of nitrogens with one attached hydrogen (secondary N) is 1. The molecule has 3 aromatic rings. The number of aryl methyl sites for hydroxylation is 3. The van der Waals surface area contributed by atoms with Gasteiger partial charge in [-0.25, -0.2) is 4.98 Å². The van der Waals surface area contributed by atoms with Gasteiger partial charge < -0.3 is 14.4 Å². The maximum Gasteiger partial charge on any atom is 0.256 e. The Hall–Kier alpha value is -2.89. The third-order valence-electron chi connectivity index (χ3n) is 4.22. The second-order valence-corrected chi connectivity index (χ2v) is 6.09. The van der Waals surface area contributed by atoms with Gasteiger partial charge in [0.05, 0.1) is 5.69 Å². The quantitative estimate of drug-likeness (QED) is 0.750. The molecule has 0 aliphatic heterocycles. The monoisotopic (exact) mass is 338 g/mol. The van der Waals surface area contributed by atoms with E-state index in [1.54, 1.807) is 13.8 Å². The van der Waals surface area contributed by atoms with Crippen molar-refractivity contribution in [3.05, 3.63) is 70.6 Å². The van der Waals surface area contributed by atoms with Gasteiger partial charge in [0.1, 0.15) is 17.1 Å². The lowest BCUT2D eigenvalue weighted by Gasteiger charge is -2.11. The summed E-state index contributed by atoms with van der Waals surface area (Å²) in [6.45, 7) is 6.84. The Balaban J connectivity index is 1.63. The molecule has 0 radical (unpaired) electrons. The number of amides is 1. The van der Waals surface area contributed by atoms with E-state index in [0.29, 0.717) is 30.0 Å². The zero-order chi connectivity index (χ0) is 17.8. The zero-order valence-corrected chi connectivity index (χ0v) is 14.7. The van der Waals surface area contributed by atoms with Crippen LogP contribution in [0.25, 0.3) is 0 Å². The van der Waals surface area contributed by atoms with Gasteiger partial charge in [0.15, 0.2) is 0 Å². The van der Waals surface area contributed by atoms with E-state index in [-0.39, 0.29) is 5.91 Å². The number of hydrogen-bond acceptors (Lipinski definition) is 4. The molecule has 0 fully saturated rings. The number of aromatic nitrogens is 3. The lowest BCUT2D eigenvalue weighted by molar-refractivity contribution is 0.0952. The third kappa shape index (κ3) is 3.79. The van der Waals surface area contributed by atoms with E-state index in [1.165, 1.54) is 5.56 Å². The van der Waals surface area contributed by atoms with Crippen LogP contribution in [0.3, 0.4) is 0 Å². The van der Waals surface area contributed by atoms with Crippen molar-refractivity contribution in [3.8, 4) is 0 Å². The van der Waals surface area contributed by atoms with Crippen molar-refractivity contribution in [1.29, 1.82) is 0 Å². The summed E-state index contributed by atoms with van der Waals surface area (Å²) in [4.78, 5) is 16.8. The molecule has 6 nitrogen and oxygen atoms in total. The molecule has 6 heteroatoms. The van der Waals surface area contributed by atoms with Crippen LogP contribution >= 0.6 is 0 Å². The van der Waals surface area contributed by atoms with Gasteiger partial charge in [0, 0.05) is 31.4 Å². The van der Waals surface area contributed by atoms with Gasteiger partial charge in [-0.1, -0.05) is 35.5 Å². The summed E-state index contributed by atoms with van der Waals surface area (Å²) in [5, 5.41) is 6.74. The molecule has 1 aromatic carbocycles. The van der Waals surface area contributed by atoms with E-state index in [9.17, 15) is 4.79 Å². The lowest BCUT2D eigenvalue weighted by atomic mass is 10.2. The van der Waals surface area contributed by atoms with Crippen LogP contribution < -0.4 is 5.32 Å². The fourth-order valence-electron chi connectivity index (χ4n) is 2.88. The van der Waals surface area contributed by atoms with E-state index >= 15 is 0 Å². The van der Waals surface area contributed by atoms with E-state index < -0.39 is 0 Å². The molecule has 2 heterocycles. The number of imidazole rings is 1. The standard InChI is InChI=1S/C19H22N4O2/c1-13-11-21-17(23(13)12-16-7-5-4-6-8-16)9-10-20-19(24)18-14(2)22-25-15(18)3/h4-8,11H,9-10,12H2,1-3H3,(H,20,24). The maximum atomic E-state index is 12.3. The van der Waals surface area contributed by atoms with Crippen molar-refractivity contribution in [2.45, 2.75) is 33.7 Å². The highest BCUT2D eigenvalue weighted by Crippen LogP contribution is 2.12. The largest absolute Gasteiger partial charge is 0.361 e. The van der Waals surface area contributed by atoms with Crippen molar-refractivity contribution >= 4 is 5.91 Å². The molecule has 0 saturated carbocycles. The Bertz CT molecular complexity index is 845. The van der Waals surface area contributed by atoms with Crippen molar-refractivity contribution in [2.24, 2.45) is 0 Å². The van der Waals surface area contributed by atoms with Crippen molar-refractivity contribution in [2.75, 3.05) is 6.54 Å². The van der Waals surface area contributed by atoms with E-state index in [1.807, 2.05) is 31.3 Å². The summed E-state index contributed by atoms with van der Waals surface area (Å²) in [6.07, 6.45) is 2.53. The molecule has 0 atom stereocenters.